The van der Waals surface area contributed by atoms with Crippen LogP contribution in [0.5, 0.6) is 0 Å². The van der Waals surface area contributed by atoms with Gasteiger partial charge in [-0.15, -0.1) is 6.42 Å². The Morgan fingerprint density at radius 2 is 1.70 bits per heavy atom. The van der Waals surface area contributed by atoms with Crippen LogP contribution < -0.4 is 0 Å². The third-order valence-electron chi connectivity index (χ3n) is 1.20. The fourth-order valence-electron chi connectivity index (χ4n) is 0.665. The minimum absolute atomic E-state index is 0.537. The molecule has 3 heteroatoms. The van der Waals surface area contributed by atoms with Crippen molar-refractivity contribution in [3.63, 3.8) is 0 Å². The van der Waals surface area contributed by atoms with Crippen molar-refractivity contribution in [3.8, 4) is 12.3 Å². The summed E-state index contributed by atoms with van der Waals surface area (Å²) in [4.78, 5) is 0. The van der Waals surface area contributed by atoms with E-state index in [1.165, 1.54) is 13.8 Å². The molecule has 1 atom stereocenters. The van der Waals surface area contributed by atoms with Crippen LogP contribution in [0.25, 0.3) is 0 Å². The Bertz CT molecular complexity index is 138. The summed E-state index contributed by atoms with van der Waals surface area (Å²) >= 11 is 0. The molecule has 0 heterocycles. The van der Waals surface area contributed by atoms with Crippen molar-refractivity contribution in [3.05, 3.63) is 0 Å². The molecule has 0 aliphatic heterocycles. The van der Waals surface area contributed by atoms with Crippen molar-refractivity contribution in [1.29, 1.82) is 0 Å². The molecule has 0 bridgehead atoms. The number of hydrogen-bond acceptors (Lipinski definition) is 0. The molecule has 0 N–H and O–H groups in total. The Labute approximate surface area is 58.4 Å². The van der Waals surface area contributed by atoms with E-state index in [4.69, 9.17) is 0 Å². The van der Waals surface area contributed by atoms with Gasteiger partial charge in [0.25, 0.3) is 0 Å². The molecule has 0 saturated carbocycles. The predicted molar refractivity (Wildman–Crippen MR) is 33.2 cm³/mol. The highest BCUT2D eigenvalue weighted by Crippen LogP contribution is 2.30. The highest BCUT2D eigenvalue weighted by molar-refractivity contribution is 4.98. The Hall–Kier alpha value is -0.650. The van der Waals surface area contributed by atoms with Gasteiger partial charge in [-0.1, -0.05) is 19.8 Å². The average Bonchev–Trinajstić information content (AvgIpc) is 1.60. The van der Waals surface area contributed by atoms with Crippen molar-refractivity contribution in [2.75, 3.05) is 0 Å². The van der Waals surface area contributed by atoms with E-state index in [1.54, 1.807) is 5.92 Å². The van der Waals surface area contributed by atoms with Crippen LogP contribution in [0, 0.1) is 24.2 Å². The SMILES string of the molecule is C#CC(C(C)C)C(F)(F)F. The van der Waals surface area contributed by atoms with Crippen LogP contribution in [0.1, 0.15) is 13.8 Å². The van der Waals surface area contributed by atoms with Crippen LogP contribution in [-0.2, 0) is 0 Å². The molecule has 1 unspecified atom stereocenters. The molecule has 0 fully saturated rings. The number of hydrogen-bond donors (Lipinski definition) is 0. The maximum atomic E-state index is 11.8. The highest BCUT2D eigenvalue weighted by atomic mass is 19.4. The van der Waals surface area contributed by atoms with E-state index in [-0.39, 0.29) is 0 Å². The molecular formula is C7H9F3. The van der Waals surface area contributed by atoms with E-state index in [0.29, 0.717) is 0 Å². The van der Waals surface area contributed by atoms with Crippen molar-refractivity contribution in [1.82, 2.24) is 0 Å². The summed E-state index contributed by atoms with van der Waals surface area (Å²) < 4.78 is 35.5. The van der Waals surface area contributed by atoms with Gasteiger partial charge in [0.05, 0.1) is 0 Å². The third-order valence-corrected chi connectivity index (χ3v) is 1.20. The lowest BCUT2D eigenvalue weighted by molar-refractivity contribution is -0.168. The van der Waals surface area contributed by atoms with Crippen LogP contribution in [0.3, 0.4) is 0 Å². The van der Waals surface area contributed by atoms with E-state index in [9.17, 15) is 13.2 Å². The zero-order chi connectivity index (χ0) is 8.36. The van der Waals surface area contributed by atoms with Crippen LogP contribution in [0.15, 0.2) is 0 Å². The quantitative estimate of drug-likeness (QED) is 0.503. The number of rotatable bonds is 1. The van der Waals surface area contributed by atoms with E-state index in [1.807, 2.05) is 0 Å². The zero-order valence-corrected chi connectivity index (χ0v) is 5.87. The molecule has 0 nitrogen and oxygen atoms in total. The van der Waals surface area contributed by atoms with Gasteiger partial charge in [-0.2, -0.15) is 13.2 Å². The smallest absolute Gasteiger partial charge is 0.170 e. The molecule has 0 radical (unpaired) electrons. The first-order chi connectivity index (χ1) is 4.39. The second kappa shape index (κ2) is 2.96. The topological polar surface area (TPSA) is 0 Å². The fraction of sp³-hybridized carbons (Fsp3) is 0.714. The van der Waals surface area contributed by atoms with E-state index >= 15 is 0 Å². The van der Waals surface area contributed by atoms with Crippen LogP contribution >= 0.6 is 0 Å². The minimum atomic E-state index is -4.25. The first-order valence-corrected chi connectivity index (χ1v) is 2.92. The molecule has 58 valence electrons. The molecular weight excluding hydrogens is 141 g/mol. The zero-order valence-electron chi connectivity index (χ0n) is 5.87. The largest absolute Gasteiger partial charge is 0.402 e. The Balaban J connectivity index is 4.26. The molecule has 0 aromatic rings. The maximum Gasteiger partial charge on any atom is 0.402 e. The monoisotopic (exact) mass is 150 g/mol. The van der Waals surface area contributed by atoms with Gasteiger partial charge < -0.3 is 0 Å². The van der Waals surface area contributed by atoms with Gasteiger partial charge in [-0.25, -0.2) is 0 Å². The summed E-state index contributed by atoms with van der Waals surface area (Å²) in [6.07, 6.45) is 0.443. The molecule has 0 rings (SSSR count). The summed E-state index contributed by atoms with van der Waals surface area (Å²) in [5, 5.41) is 0. The van der Waals surface area contributed by atoms with Crippen molar-refractivity contribution < 1.29 is 13.2 Å². The van der Waals surface area contributed by atoms with Crippen molar-refractivity contribution in [2.45, 2.75) is 20.0 Å². The van der Waals surface area contributed by atoms with E-state index < -0.39 is 18.0 Å². The Morgan fingerprint density at radius 3 is 1.70 bits per heavy atom. The maximum absolute atomic E-state index is 11.8. The summed E-state index contributed by atoms with van der Waals surface area (Å²) in [6, 6.07) is 0. The summed E-state index contributed by atoms with van der Waals surface area (Å²) in [6.45, 7) is 2.91. The first kappa shape index (κ1) is 9.35. The number of terminal acetylenes is 1. The normalized spacial score (nSPS) is 14.9. The highest BCUT2D eigenvalue weighted by Gasteiger charge is 2.40. The molecule has 0 aliphatic rings. The molecule has 0 spiro atoms. The van der Waals surface area contributed by atoms with Gasteiger partial charge in [-0.3, -0.25) is 0 Å². The van der Waals surface area contributed by atoms with Gasteiger partial charge in [0.2, 0.25) is 0 Å². The first-order valence-electron chi connectivity index (χ1n) is 2.92. The molecule has 0 amide bonds. The lowest BCUT2D eigenvalue weighted by Crippen LogP contribution is -2.25. The number of halogens is 3. The second-order valence-corrected chi connectivity index (χ2v) is 2.43. The van der Waals surface area contributed by atoms with E-state index in [2.05, 4.69) is 6.42 Å². The Morgan fingerprint density at radius 1 is 1.30 bits per heavy atom. The summed E-state index contributed by atoms with van der Waals surface area (Å²) in [5.74, 6) is -0.425. The lowest BCUT2D eigenvalue weighted by atomic mass is 9.96. The van der Waals surface area contributed by atoms with Crippen LogP contribution in [0.2, 0.25) is 0 Å². The molecule has 0 aliphatic carbocycles. The average molecular weight is 150 g/mol. The molecule has 0 saturated heterocycles. The predicted octanol–water partition coefficient (Wildman–Crippen LogP) is 2.45. The van der Waals surface area contributed by atoms with Gasteiger partial charge in [-0.05, 0) is 5.92 Å². The van der Waals surface area contributed by atoms with Gasteiger partial charge in [0.15, 0.2) is 0 Å². The minimum Gasteiger partial charge on any atom is -0.170 e. The van der Waals surface area contributed by atoms with Crippen molar-refractivity contribution >= 4 is 0 Å². The van der Waals surface area contributed by atoms with Crippen LogP contribution in [0.4, 0.5) is 13.2 Å². The Kier molecular flexibility index (Phi) is 2.77. The lowest BCUT2D eigenvalue weighted by Gasteiger charge is -2.17. The third kappa shape index (κ3) is 2.30. The van der Waals surface area contributed by atoms with Gasteiger partial charge in [0, 0.05) is 0 Å². The summed E-state index contributed by atoms with van der Waals surface area (Å²) in [5.41, 5.74) is 0. The molecule has 0 aromatic heterocycles. The molecule has 10 heavy (non-hydrogen) atoms. The van der Waals surface area contributed by atoms with Crippen molar-refractivity contribution in [2.24, 2.45) is 11.8 Å². The van der Waals surface area contributed by atoms with Gasteiger partial charge >= 0.3 is 6.18 Å². The second-order valence-electron chi connectivity index (χ2n) is 2.43. The standard InChI is InChI=1S/C7H9F3/c1-4-6(5(2)3)7(8,9)10/h1,5-6H,2-3H3. The van der Waals surface area contributed by atoms with E-state index in [0.717, 1.165) is 0 Å². The van der Waals surface area contributed by atoms with Crippen LogP contribution in [-0.4, -0.2) is 6.18 Å². The van der Waals surface area contributed by atoms with Gasteiger partial charge in [0.1, 0.15) is 5.92 Å². The number of alkyl halides is 3. The molecule has 0 aromatic carbocycles. The summed E-state index contributed by atoms with van der Waals surface area (Å²) in [7, 11) is 0. The fourth-order valence-corrected chi connectivity index (χ4v) is 0.665.